The first kappa shape index (κ1) is 27.2. The Bertz CT molecular complexity index is 1200. The number of rotatable bonds is 10. The van der Waals surface area contributed by atoms with Crippen LogP contribution in [0, 0.1) is 17.7 Å². The first-order chi connectivity index (χ1) is 18.1. The van der Waals surface area contributed by atoms with Gasteiger partial charge in [0.15, 0.2) is 17.6 Å². The monoisotopic (exact) mass is 528 g/mol. The maximum Gasteiger partial charge on any atom is 0.329 e. The van der Waals surface area contributed by atoms with Crippen LogP contribution < -0.4 is 14.8 Å². The highest BCUT2D eigenvalue weighted by atomic mass is 19.1. The van der Waals surface area contributed by atoms with E-state index in [1.165, 1.54) is 13.0 Å². The van der Waals surface area contributed by atoms with Gasteiger partial charge in [0.25, 0.3) is 5.91 Å². The number of aliphatic carboxylic acids is 1. The van der Waals surface area contributed by atoms with Gasteiger partial charge >= 0.3 is 5.97 Å². The number of hydrogen-bond acceptors (Lipinski definition) is 6. The first-order valence-corrected chi connectivity index (χ1v) is 12.8. The van der Waals surface area contributed by atoms with Crippen molar-refractivity contribution in [1.82, 2.24) is 10.2 Å². The zero-order chi connectivity index (χ0) is 27.4. The van der Waals surface area contributed by atoms with E-state index in [1.807, 2.05) is 13.0 Å². The molecular formula is C28H33FN2O7. The van der Waals surface area contributed by atoms with Crippen molar-refractivity contribution in [2.24, 2.45) is 11.8 Å². The van der Waals surface area contributed by atoms with Gasteiger partial charge in [0, 0.05) is 26.1 Å². The number of phenolic OH excluding ortho intramolecular Hbond substituents is 1. The summed E-state index contributed by atoms with van der Waals surface area (Å²) in [6.07, 6.45) is 3.66. The van der Waals surface area contributed by atoms with Gasteiger partial charge in [-0.3, -0.25) is 9.59 Å². The number of benzene rings is 2. The van der Waals surface area contributed by atoms with E-state index in [-0.39, 0.29) is 24.2 Å². The lowest BCUT2D eigenvalue weighted by atomic mass is 9.79. The van der Waals surface area contributed by atoms with E-state index >= 15 is 0 Å². The molecule has 0 radical (unpaired) electrons. The van der Waals surface area contributed by atoms with Gasteiger partial charge in [-0.05, 0) is 68.2 Å². The minimum absolute atomic E-state index is 0.0134. The van der Waals surface area contributed by atoms with Crippen LogP contribution >= 0.6 is 0 Å². The Labute approximate surface area is 220 Å². The SMILES string of the molecule is CC(=O)N[C@@H](COc1cccc(OC(C)C2CCC(CN3Cc4ccc(O)c(F)c4C3=O)CC2)c1)C(=O)O. The van der Waals surface area contributed by atoms with Crippen molar-refractivity contribution >= 4 is 17.8 Å². The molecule has 9 nitrogen and oxygen atoms in total. The fraction of sp³-hybridized carbons (Fsp3) is 0.464. The molecule has 0 bridgehead atoms. The third-order valence-corrected chi connectivity index (χ3v) is 7.32. The van der Waals surface area contributed by atoms with E-state index in [1.54, 1.807) is 29.2 Å². The molecule has 0 aromatic heterocycles. The zero-order valence-electron chi connectivity index (χ0n) is 21.5. The Morgan fingerprint density at radius 1 is 1.16 bits per heavy atom. The Kier molecular flexibility index (Phi) is 8.38. The molecule has 2 atom stereocenters. The molecule has 2 aromatic rings. The summed E-state index contributed by atoms with van der Waals surface area (Å²) in [5.41, 5.74) is 0.598. The number of nitrogens with zero attached hydrogens (tertiary/aromatic N) is 1. The number of fused-ring (bicyclic) bond motifs is 1. The fourth-order valence-electron chi connectivity index (χ4n) is 5.25. The van der Waals surface area contributed by atoms with Gasteiger partial charge in [-0.2, -0.15) is 0 Å². The highest BCUT2D eigenvalue weighted by Crippen LogP contribution is 2.36. The molecule has 3 N–H and O–H groups in total. The Hall–Kier alpha value is -3.82. The van der Waals surface area contributed by atoms with Crippen LogP contribution in [0.4, 0.5) is 4.39 Å². The summed E-state index contributed by atoms with van der Waals surface area (Å²) >= 11 is 0. The summed E-state index contributed by atoms with van der Waals surface area (Å²) in [4.78, 5) is 36.9. The zero-order valence-corrected chi connectivity index (χ0v) is 21.5. The average Bonchev–Trinajstić information content (AvgIpc) is 3.19. The van der Waals surface area contributed by atoms with Crippen LogP contribution in [-0.4, -0.2) is 58.2 Å². The minimum atomic E-state index is -1.18. The number of aromatic hydroxyl groups is 1. The standard InChI is InChI=1S/C28H33FN2O7/c1-16(38-22-5-3-4-21(12-22)37-15-23(28(35)36)30-17(2)32)19-8-6-18(7-9-19)13-31-14-20-10-11-24(33)26(29)25(20)27(31)34/h3-5,10-12,16,18-19,23,33H,6-9,13-15H2,1-2H3,(H,30,32)(H,35,36)/t16?,18?,19?,23-/m0/s1. The molecule has 1 aliphatic heterocycles. The van der Waals surface area contributed by atoms with Crippen molar-refractivity contribution in [2.45, 2.75) is 58.2 Å². The number of amides is 2. The maximum absolute atomic E-state index is 14.2. The number of carboxylic acid groups (broad SMARTS) is 1. The molecule has 4 rings (SSSR count). The molecule has 2 amide bonds. The lowest BCUT2D eigenvalue weighted by Gasteiger charge is -2.34. The normalized spacial score (nSPS) is 20.4. The third-order valence-electron chi connectivity index (χ3n) is 7.32. The van der Waals surface area contributed by atoms with Crippen LogP contribution in [-0.2, 0) is 16.1 Å². The Morgan fingerprint density at radius 2 is 1.87 bits per heavy atom. The molecule has 10 heteroatoms. The van der Waals surface area contributed by atoms with Crippen LogP contribution in [0.2, 0.25) is 0 Å². The van der Waals surface area contributed by atoms with E-state index < -0.39 is 29.5 Å². The molecule has 38 heavy (non-hydrogen) atoms. The lowest BCUT2D eigenvalue weighted by Crippen LogP contribution is -2.43. The molecule has 1 aliphatic carbocycles. The molecule has 0 saturated heterocycles. The van der Waals surface area contributed by atoms with Crippen molar-refractivity contribution in [3.8, 4) is 17.2 Å². The van der Waals surface area contributed by atoms with Crippen molar-refractivity contribution in [2.75, 3.05) is 13.2 Å². The molecular weight excluding hydrogens is 495 g/mol. The van der Waals surface area contributed by atoms with Crippen molar-refractivity contribution < 1.29 is 38.5 Å². The van der Waals surface area contributed by atoms with Crippen LogP contribution in [0.5, 0.6) is 17.2 Å². The van der Waals surface area contributed by atoms with Gasteiger partial charge in [-0.15, -0.1) is 0 Å². The topological polar surface area (TPSA) is 125 Å². The van der Waals surface area contributed by atoms with E-state index in [9.17, 15) is 29.0 Å². The lowest BCUT2D eigenvalue weighted by molar-refractivity contribution is -0.142. The molecule has 204 valence electrons. The van der Waals surface area contributed by atoms with E-state index in [0.717, 1.165) is 25.7 Å². The Balaban J connectivity index is 1.25. The Morgan fingerprint density at radius 3 is 2.55 bits per heavy atom. The number of carbonyl (C=O) groups excluding carboxylic acids is 2. The first-order valence-electron chi connectivity index (χ1n) is 12.8. The van der Waals surface area contributed by atoms with Gasteiger partial charge < -0.3 is 29.9 Å². The van der Waals surface area contributed by atoms with E-state index in [0.29, 0.717) is 42.0 Å². The highest BCUT2D eigenvalue weighted by molar-refractivity contribution is 5.99. The highest BCUT2D eigenvalue weighted by Gasteiger charge is 2.35. The summed E-state index contributed by atoms with van der Waals surface area (Å²) in [5, 5.41) is 21.2. The summed E-state index contributed by atoms with van der Waals surface area (Å²) in [6.45, 7) is 3.98. The summed E-state index contributed by atoms with van der Waals surface area (Å²) < 4.78 is 26.0. The quantitative estimate of drug-likeness (QED) is 0.429. The van der Waals surface area contributed by atoms with Gasteiger partial charge in [0.1, 0.15) is 18.1 Å². The number of carbonyl (C=O) groups is 3. The van der Waals surface area contributed by atoms with Crippen LogP contribution in [0.1, 0.15) is 55.5 Å². The summed E-state index contributed by atoms with van der Waals surface area (Å²) in [7, 11) is 0. The molecule has 2 aliphatic rings. The minimum Gasteiger partial charge on any atom is -0.505 e. The molecule has 1 heterocycles. The predicted octanol–water partition coefficient (Wildman–Crippen LogP) is 3.73. The van der Waals surface area contributed by atoms with Crippen LogP contribution in [0.25, 0.3) is 0 Å². The second-order valence-electron chi connectivity index (χ2n) is 10.1. The molecule has 2 aromatic carbocycles. The number of nitrogens with one attached hydrogen (secondary N) is 1. The molecule has 1 saturated carbocycles. The number of carboxylic acids is 1. The maximum atomic E-state index is 14.2. The summed E-state index contributed by atoms with van der Waals surface area (Å²) in [6, 6.07) is 8.71. The van der Waals surface area contributed by atoms with E-state index in [2.05, 4.69) is 5.32 Å². The predicted molar refractivity (Wildman–Crippen MR) is 136 cm³/mol. The molecule has 1 fully saturated rings. The third kappa shape index (κ3) is 6.35. The van der Waals surface area contributed by atoms with E-state index in [4.69, 9.17) is 9.47 Å². The average molecular weight is 529 g/mol. The van der Waals surface area contributed by atoms with Crippen LogP contribution in [0.3, 0.4) is 0 Å². The molecule has 0 spiro atoms. The smallest absolute Gasteiger partial charge is 0.329 e. The van der Waals surface area contributed by atoms with Gasteiger partial charge in [0.05, 0.1) is 11.7 Å². The number of hydrogen-bond donors (Lipinski definition) is 3. The summed E-state index contributed by atoms with van der Waals surface area (Å²) in [5.74, 6) is -1.64. The second kappa shape index (κ2) is 11.7. The van der Waals surface area contributed by atoms with Gasteiger partial charge in [0.2, 0.25) is 5.91 Å². The second-order valence-corrected chi connectivity index (χ2v) is 10.1. The number of halogens is 1. The molecule has 1 unspecified atom stereocenters. The van der Waals surface area contributed by atoms with Gasteiger partial charge in [-0.25, -0.2) is 9.18 Å². The van der Waals surface area contributed by atoms with Crippen molar-refractivity contribution in [1.29, 1.82) is 0 Å². The fourth-order valence-corrected chi connectivity index (χ4v) is 5.25. The van der Waals surface area contributed by atoms with Crippen LogP contribution in [0.15, 0.2) is 36.4 Å². The van der Waals surface area contributed by atoms with Crippen molar-refractivity contribution in [3.63, 3.8) is 0 Å². The number of phenols is 1. The van der Waals surface area contributed by atoms with Gasteiger partial charge in [-0.1, -0.05) is 12.1 Å². The van der Waals surface area contributed by atoms with Crippen molar-refractivity contribution in [3.05, 3.63) is 53.3 Å². The number of ether oxygens (including phenoxy) is 2. The largest absolute Gasteiger partial charge is 0.505 e.